The Morgan fingerprint density at radius 1 is 1.33 bits per heavy atom. The molecule has 80 valence electrons. The van der Waals surface area contributed by atoms with Gasteiger partial charge in [-0.05, 0) is 13.3 Å². The first-order chi connectivity index (χ1) is 7.11. The van der Waals surface area contributed by atoms with Crippen molar-refractivity contribution in [3.05, 3.63) is 23.7 Å². The van der Waals surface area contributed by atoms with Crippen LogP contribution in [0.3, 0.4) is 0 Å². The third-order valence-electron chi connectivity index (χ3n) is 2.40. The summed E-state index contributed by atoms with van der Waals surface area (Å²) >= 11 is 0. The normalized spacial score (nSPS) is 10.9. The summed E-state index contributed by atoms with van der Waals surface area (Å²) in [7, 11) is 1.91. The molecule has 0 aliphatic rings. The highest BCUT2D eigenvalue weighted by Crippen LogP contribution is 2.16. The summed E-state index contributed by atoms with van der Waals surface area (Å²) in [4.78, 5) is 0. The zero-order chi connectivity index (χ0) is 11.0. The van der Waals surface area contributed by atoms with Crippen molar-refractivity contribution in [1.29, 1.82) is 0 Å². The fourth-order valence-corrected chi connectivity index (χ4v) is 1.56. The zero-order valence-electron chi connectivity index (χ0n) is 9.23. The Balaban J connectivity index is 2.52. The Labute approximate surface area is 88.5 Å². The van der Waals surface area contributed by atoms with Gasteiger partial charge in [-0.1, -0.05) is 6.92 Å². The molecule has 2 rings (SSSR count). The van der Waals surface area contributed by atoms with E-state index >= 15 is 0 Å². The molecule has 0 unspecified atom stereocenters. The van der Waals surface area contributed by atoms with Gasteiger partial charge < -0.3 is 5.73 Å². The molecule has 0 bridgehead atoms. The van der Waals surface area contributed by atoms with Crippen LogP contribution in [0.2, 0.25) is 0 Å². The highest BCUT2D eigenvalue weighted by atomic mass is 15.3. The van der Waals surface area contributed by atoms with Crippen LogP contribution in [0.25, 0.3) is 5.69 Å². The van der Waals surface area contributed by atoms with E-state index in [1.165, 1.54) is 0 Å². The average molecular weight is 205 g/mol. The van der Waals surface area contributed by atoms with Gasteiger partial charge in [0.15, 0.2) is 0 Å². The topological polar surface area (TPSA) is 61.7 Å². The molecule has 0 spiro atoms. The summed E-state index contributed by atoms with van der Waals surface area (Å²) in [6.45, 7) is 4.02. The standard InChI is InChI=1S/C10H15N5/c1-4-8-9(6-14(3)12-8)15-5-7(2)10(11)13-15/h5-6H,4H2,1-3H3,(H2,11,13). The second-order valence-electron chi connectivity index (χ2n) is 3.63. The molecule has 0 aromatic carbocycles. The number of hydrogen-bond donors (Lipinski definition) is 1. The van der Waals surface area contributed by atoms with Crippen molar-refractivity contribution in [2.24, 2.45) is 7.05 Å². The van der Waals surface area contributed by atoms with E-state index in [0.717, 1.165) is 23.4 Å². The van der Waals surface area contributed by atoms with Gasteiger partial charge in [0.1, 0.15) is 11.5 Å². The Morgan fingerprint density at radius 3 is 2.60 bits per heavy atom. The molecule has 2 heterocycles. The number of hydrogen-bond acceptors (Lipinski definition) is 3. The summed E-state index contributed by atoms with van der Waals surface area (Å²) in [5.74, 6) is 0.570. The van der Waals surface area contributed by atoms with Crippen molar-refractivity contribution >= 4 is 5.82 Å². The van der Waals surface area contributed by atoms with Gasteiger partial charge in [-0.15, -0.1) is 0 Å². The first-order valence-electron chi connectivity index (χ1n) is 4.96. The van der Waals surface area contributed by atoms with Crippen LogP contribution in [0.4, 0.5) is 5.82 Å². The Morgan fingerprint density at radius 2 is 2.07 bits per heavy atom. The zero-order valence-corrected chi connectivity index (χ0v) is 9.23. The molecule has 5 nitrogen and oxygen atoms in total. The summed E-state index contributed by atoms with van der Waals surface area (Å²) in [5.41, 5.74) is 8.73. The van der Waals surface area contributed by atoms with E-state index in [2.05, 4.69) is 17.1 Å². The smallest absolute Gasteiger partial charge is 0.148 e. The van der Waals surface area contributed by atoms with Crippen LogP contribution in [0.1, 0.15) is 18.2 Å². The number of aromatic nitrogens is 4. The number of aryl methyl sites for hydroxylation is 3. The third-order valence-corrected chi connectivity index (χ3v) is 2.40. The van der Waals surface area contributed by atoms with Crippen LogP contribution in [-0.4, -0.2) is 19.6 Å². The lowest BCUT2D eigenvalue weighted by Crippen LogP contribution is -1.98. The lowest BCUT2D eigenvalue weighted by molar-refractivity contribution is 0.746. The molecule has 5 heteroatoms. The SMILES string of the molecule is CCc1nn(C)cc1-n1cc(C)c(N)n1. The molecular formula is C10H15N5. The van der Waals surface area contributed by atoms with Gasteiger partial charge in [-0.25, -0.2) is 4.68 Å². The summed E-state index contributed by atoms with van der Waals surface area (Å²) in [5, 5.41) is 8.60. The van der Waals surface area contributed by atoms with Gasteiger partial charge in [-0.2, -0.15) is 10.2 Å². The maximum Gasteiger partial charge on any atom is 0.148 e. The van der Waals surface area contributed by atoms with Gasteiger partial charge in [0, 0.05) is 18.8 Å². The fourth-order valence-electron chi connectivity index (χ4n) is 1.56. The van der Waals surface area contributed by atoms with Gasteiger partial charge in [0.05, 0.1) is 11.9 Å². The second-order valence-corrected chi connectivity index (χ2v) is 3.63. The Bertz CT molecular complexity index is 460. The molecule has 0 radical (unpaired) electrons. The maximum atomic E-state index is 5.72. The fraction of sp³-hybridized carbons (Fsp3) is 0.400. The van der Waals surface area contributed by atoms with E-state index in [0.29, 0.717) is 5.82 Å². The molecule has 0 fully saturated rings. The minimum Gasteiger partial charge on any atom is -0.382 e. The second kappa shape index (κ2) is 3.42. The average Bonchev–Trinajstić information content (AvgIpc) is 2.71. The molecule has 0 aliphatic carbocycles. The number of nitrogen functional groups attached to an aromatic ring is 1. The Hall–Kier alpha value is -1.78. The number of rotatable bonds is 2. The minimum absolute atomic E-state index is 0.570. The summed E-state index contributed by atoms with van der Waals surface area (Å²) < 4.78 is 3.58. The van der Waals surface area contributed by atoms with E-state index in [9.17, 15) is 0 Å². The molecule has 0 amide bonds. The van der Waals surface area contributed by atoms with Crippen molar-refractivity contribution in [2.75, 3.05) is 5.73 Å². The van der Waals surface area contributed by atoms with E-state index in [1.54, 1.807) is 9.36 Å². The van der Waals surface area contributed by atoms with E-state index in [1.807, 2.05) is 26.4 Å². The first-order valence-corrected chi connectivity index (χ1v) is 4.96. The van der Waals surface area contributed by atoms with E-state index < -0.39 is 0 Å². The van der Waals surface area contributed by atoms with Gasteiger partial charge in [-0.3, -0.25) is 4.68 Å². The van der Waals surface area contributed by atoms with Crippen molar-refractivity contribution in [1.82, 2.24) is 19.6 Å². The largest absolute Gasteiger partial charge is 0.382 e. The predicted molar refractivity (Wildman–Crippen MR) is 58.9 cm³/mol. The van der Waals surface area contributed by atoms with Crippen LogP contribution in [0.15, 0.2) is 12.4 Å². The molecule has 0 saturated heterocycles. The minimum atomic E-state index is 0.570. The van der Waals surface area contributed by atoms with Crippen LogP contribution in [0.5, 0.6) is 0 Å². The lowest BCUT2D eigenvalue weighted by atomic mass is 10.3. The molecule has 15 heavy (non-hydrogen) atoms. The van der Waals surface area contributed by atoms with Crippen molar-refractivity contribution in [3.8, 4) is 5.69 Å². The molecule has 0 saturated carbocycles. The van der Waals surface area contributed by atoms with Gasteiger partial charge in [0.25, 0.3) is 0 Å². The van der Waals surface area contributed by atoms with E-state index in [4.69, 9.17) is 5.73 Å². The van der Waals surface area contributed by atoms with Gasteiger partial charge >= 0.3 is 0 Å². The predicted octanol–water partition coefficient (Wildman–Crippen LogP) is 1.06. The molecular weight excluding hydrogens is 190 g/mol. The monoisotopic (exact) mass is 205 g/mol. The summed E-state index contributed by atoms with van der Waals surface area (Å²) in [6, 6.07) is 0. The highest BCUT2D eigenvalue weighted by Gasteiger charge is 2.10. The maximum absolute atomic E-state index is 5.72. The van der Waals surface area contributed by atoms with Crippen molar-refractivity contribution in [3.63, 3.8) is 0 Å². The lowest BCUT2D eigenvalue weighted by Gasteiger charge is -1.98. The molecule has 2 aromatic heterocycles. The van der Waals surface area contributed by atoms with Crippen LogP contribution >= 0.6 is 0 Å². The molecule has 2 aromatic rings. The van der Waals surface area contributed by atoms with Crippen molar-refractivity contribution < 1.29 is 0 Å². The number of nitrogens with zero attached hydrogens (tertiary/aromatic N) is 4. The van der Waals surface area contributed by atoms with Crippen LogP contribution < -0.4 is 5.73 Å². The van der Waals surface area contributed by atoms with Crippen LogP contribution in [0, 0.1) is 6.92 Å². The van der Waals surface area contributed by atoms with E-state index in [-0.39, 0.29) is 0 Å². The summed E-state index contributed by atoms with van der Waals surface area (Å²) in [6.07, 6.45) is 4.76. The van der Waals surface area contributed by atoms with Crippen LogP contribution in [-0.2, 0) is 13.5 Å². The highest BCUT2D eigenvalue weighted by molar-refractivity contribution is 5.42. The molecule has 0 aliphatic heterocycles. The third kappa shape index (κ3) is 1.60. The number of anilines is 1. The quantitative estimate of drug-likeness (QED) is 0.797. The Kier molecular flexibility index (Phi) is 2.22. The molecule has 0 atom stereocenters. The van der Waals surface area contributed by atoms with Gasteiger partial charge in [0.2, 0.25) is 0 Å². The first kappa shape index (κ1) is 9.76. The number of nitrogens with two attached hydrogens (primary N) is 1. The van der Waals surface area contributed by atoms with Crippen molar-refractivity contribution in [2.45, 2.75) is 20.3 Å². The molecule has 2 N–H and O–H groups in total.